The number of aromatic nitrogens is 2. The highest BCUT2D eigenvalue weighted by Crippen LogP contribution is 2.40. The molecule has 0 unspecified atom stereocenters. The number of nitrogens with one attached hydrogen (secondary N) is 1. The average molecular weight is 370 g/mol. The number of rotatable bonds is 2. The predicted molar refractivity (Wildman–Crippen MR) is 84.4 cm³/mol. The van der Waals surface area contributed by atoms with E-state index >= 15 is 0 Å². The van der Waals surface area contributed by atoms with Crippen LogP contribution in [0, 0.1) is 5.82 Å². The lowest BCUT2D eigenvalue weighted by molar-refractivity contribution is 0.463. The van der Waals surface area contributed by atoms with Gasteiger partial charge in [-0.2, -0.15) is 0 Å². The van der Waals surface area contributed by atoms with Crippen LogP contribution in [-0.2, 0) is 0 Å². The summed E-state index contributed by atoms with van der Waals surface area (Å²) in [6.07, 6.45) is 3.50. The van der Waals surface area contributed by atoms with E-state index in [2.05, 4.69) is 25.9 Å². The van der Waals surface area contributed by atoms with Gasteiger partial charge in [0, 0.05) is 33.7 Å². The summed E-state index contributed by atoms with van der Waals surface area (Å²) in [7, 11) is 0. The Bertz CT molecular complexity index is 834. The molecule has 6 heteroatoms. The Morgan fingerprint density at radius 1 is 1.43 bits per heavy atom. The number of phenolic OH excluding ortho intramolecular Hbond substituents is 1. The van der Waals surface area contributed by atoms with Gasteiger partial charge in [-0.05, 0) is 39.7 Å². The molecule has 1 atom stereocenters. The molecule has 0 bridgehead atoms. The van der Waals surface area contributed by atoms with Crippen molar-refractivity contribution < 1.29 is 9.50 Å². The molecule has 0 aliphatic carbocycles. The summed E-state index contributed by atoms with van der Waals surface area (Å²) in [5.74, 6) is -0.847. The zero-order chi connectivity index (χ0) is 15.1. The van der Waals surface area contributed by atoms with Gasteiger partial charge in [0.25, 0.3) is 0 Å². The number of benzene rings is 1. The number of pyridine rings is 1. The number of aromatic hydroxyl groups is 1. The van der Waals surface area contributed by atoms with Crippen LogP contribution in [-0.4, -0.2) is 15.1 Å². The number of aromatic amines is 1. The summed E-state index contributed by atoms with van der Waals surface area (Å²) in [5.41, 5.74) is 1.99. The highest BCUT2D eigenvalue weighted by molar-refractivity contribution is 9.10. The van der Waals surface area contributed by atoms with Crippen LogP contribution in [0.5, 0.6) is 5.75 Å². The van der Waals surface area contributed by atoms with E-state index in [0.717, 1.165) is 27.1 Å². The number of phenols is 1. The molecular formula is C15H11BrClFN2O. The SMILES string of the molecule is C[C@H](c1c(O)ccc(F)c1Cl)c1c[nH]c2ncc(Br)cc12. The van der Waals surface area contributed by atoms with E-state index in [0.29, 0.717) is 5.56 Å². The van der Waals surface area contributed by atoms with E-state index in [9.17, 15) is 9.50 Å². The minimum absolute atomic E-state index is 0.0220. The van der Waals surface area contributed by atoms with Gasteiger partial charge < -0.3 is 10.1 Å². The van der Waals surface area contributed by atoms with E-state index in [1.165, 1.54) is 6.07 Å². The number of hydrogen-bond acceptors (Lipinski definition) is 2. The monoisotopic (exact) mass is 368 g/mol. The third kappa shape index (κ3) is 2.40. The van der Waals surface area contributed by atoms with Gasteiger partial charge >= 0.3 is 0 Å². The molecule has 1 aromatic carbocycles. The Labute approximate surface area is 133 Å². The number of halogens is 3. The minimum Gasteiger partial charge on any atom is -0.508 e. The second kappa shape index (κ2) is 5.31. The maximum Gasteiger partial charge on any atom is 0.142 e. The molecule has 0 saturated carbocycles. The summed E-state index contributed by atoms with van der Waals surface area (Å²) < 4.78 is 14.5. The Morgan fingerprint density at radius 2 is 2.19 bits per heavy atom. The lowest BCUT2D eigenvalue weighted by Gasteiger charge is -2.15. The van der Waals surface area contributed by atoms with Gasteiger partial charge in [-0.3, -0.25) is 0 Å². The van der Waals surface area contributed by atoms with Crippen LogP contribution >= 0.6 is 27.5 Å². The lowest BCUT2D eigenvalue weighted by atomic mass is 9.92. The molecule has 2 heterocycles. The highest BCUT2D eigenvalue weighted by Gasteiger charge is 2.22. The van der Waals surface area contributed by atoms with Gasteiger partial charge in [0.05, 0.1) is 5.02 Å². The molecule has 0 aliphatic rings. The first-order valence-electron chi connectivity index (χ1n) is 6.28. The Kier molecular flexibility index (Phi) is 3.63. The molecule has 3 aromatic rings. The minimum atomic E-state index is -0.546. The predicted octanol–water partition coefficient (Wildman–Crippen LogP) is 4.98. The van der Waals surface area contributed by atoms with Gasteiger partial charge in [0.2, 0.25) is 0 Å². The van der Waals surface area contributed by atoms with Gasteiger partial charge in [0.1, 0.15) is 17.2 Å². The molecule has 108 valence electrons. The van der Waals surface area contributed by atoms with Crippen molar-refractivity contribution >= 4 is 38.6 Å². The molecule has 2 N–H and O–H groups in total. The van der Waals surface area contributed by atoms with Crippen LogP contribution in [0.2, 0.25) is 5.02 Å². The maximum absolute atomic E-state index is 13.7. The van der Waals surface area contributed by atoms with Gasteiger partial charge in [-0.1, -0.05) is 18.5 Å². The first-order chi connectivity index (χ1) is 9.99. The third-order valence-electron chi connectivity index (χ3n) is 3.54. The topological polar surface area (TPSA) is 48.9 Å². The average Bonchev–Trinajstić information content (AvgIpc) is 2.86. The largest absolute Gasteiger partial charge is 0.508 e. The summed E-state index contributed by atoms with van der Waals surface area (Å²) in [5, 5.41) is 10.9. The molecule has 0 spiro atoms. The number of H-pyrrole nitrogens is 1. The van der Waals surface area contributed by atoms with Crippen molar-refractivity contribution in [2.45, 2.75) is 12.8 Å². The zero-order valence-corrected chi connectivity index (χ0v) is 13.3. The smallest absolute Gasteiger partial charge is 0.142 e. The fourth-order valence-corrected chi connectivity index (χ4v) is 3.13. The van der Waals surface area contributed by atoms with Gasteiger partial charge in [-0.25, -0.2) is 9.37 Å². The second-order valence-electron chi connectivity index (χ2n) is 4.81. The van der Waals surface area contributed by atoms with E-state index in [4.69, 9.17) is 11.6 Å². The van der Waals surface area contributed by atoms with E-state index in [1.807, 2.05) is 13.0 Å². The van der Waals surface area contributed by atoms with Crippen molar-refractivity contribution in [3.63, 3.8) is 0 Å². The molecule has 2 aromatic heterocycles. The van der Waals surface area contributed by atoms with E-state index in [-0.39, 0.29) is 16.7 Å². The zero-order valence-electron chi connectivity index (χ0n) is 11.0. The van der Waals surface area contributed by atoms with Gasteiger partial charge in [-0.15, -0.1) is 0 Å². The van der Waals surface area contributed by atoms with Crippen LogP contribution in [0.15, 0.2) is 35.1 Å². The molecule has 3 rings (SSSR count). The van der Waals surface area contributed by atoms with E-state index < -0.39 is 5.82 Å². The second-order valence-corrected chi connectivity index (χ2v) is 6.10. The first kappa shape index (κ1) is 14.4. The summed E-state index contributed by atoms with van der Waals surface area (Å²) in [6.45, 7) is 1.86. The van der Waals surface area contributed by atoms with Crippen LogP contribution in [0.1, 0.15) is 24.0 Å². The lowest BCUT2D eigenvalue weighted by Crippen LogP contribution is -1.99. The van der Waals surface area contributed by atoms with Gasteiger partial charge in [0.15, 0.2) is 0 Å². The summed E-state index contributed by atoms with van der Waals surface area (Å²) in [6, 6.07) is 4.40. The highest BCUT2D eigenvalue weighted by atomic mass is 79.9. The Balaban J connectivity index is 2.19. The van der Waals surface area contributed by atoms with Crippen molar-refractivity contribution in [3.05, 3.63) is 57.0 Å². The molecule has 21 heavy (non-hydrogen) atoms. The maximum atomic E-state index is 13.7. The Hall–Kier alpha value is -1.59. The number of hydrogen-bond donors (Lipinski definition) is 2. The van der Waals surface area contributed by atoms with E-state index in [1.54, 1.807) is 12.4 Å². The molecule has 0 fully saturated rings. The molecule has 3 nitrogen and oxygen atoms in total. The number of nitrogens with zero attached hydrogens (tertiary/aromatic N) is 1. The van der Waals surface area contributed by atoms with Crippen LogP contribution in [0.4, 0.5) is 4.39 Å². The molecule has 0 amide bonds. The fraction of sp³-hybridized carbons (Fsp3) is 0.133. The molecule has 0 radical (unpaired) electrons. The van der Waals surface area contributed by atoms with Crippen LogP contribution < -0.4 is 0 Å². The van der Waals surface area contributed by atoms with Crippen molar-refractivity contribution in [1.29, 1.82) is 0 Å². The van der Waals surface area contributed by atoms with Crippen molar-refractivity contribution in [1.82, 2.24) is 9.97 Å². The standard InChI is InChI=1S/C15H11BrClFN2O/c1-7(13-12(21)3-2-11(18)14(13)17)10-6-20-15-9(10)4-8(16)5-19-15/h2-7,21H,1H3,(H,19,20)/t7-/m0/s1. The van der Waals surface area contributed by atoms with Crippen molar-refractivity contribution in [2.24, 2.45) is 0 Å². The third-order valence-corrected chi connectivity index (χ3v) is 4.36. The first-order valence-corrected chi connectivity index (χ1v) is 7.45. The fourth-order valence-electron chi connectivity index (χ4n) is 2.48. The summed E-state index contributed by atoms with van der Waals surface area (Å²) in [4.78, 5) is 7.34. The molecular weight excluding hydrogens is 359 g/mol. The Morgan fingerprint density at radius 3 is 2.95 bits per heavy atom. The summed E-state index contributed by atoms with van der Waals surface area (Å²) >= 11 is 9.41. The van der Waals surface area contributed by atoms with Crippen molar-refractivity contribution in [3.8, 4) is 5.75 Å². The van der Waals surface area contributed by atoms with Crippen molar-refractivity contribution in [2.75, 3.05) is 0 Å². The molecule has 0 saturated heterocycles. The molecule has 0 aliphatic heterocycles. The van der Waals surface area contributed by atoms with Crippen LogP contribution in [0.25, 0.3) is 11.0 Å². The quantitative estimate of drug-likeness (QED) is 0.669. The normalized spacial score (nSPS) is 12.8. The number of fused-ring (bicyclic) bond motifs is 1. The van der Waals surface area contributed by atoms with Crippen LogP contribution in [0.3, 0.4) is 0 Å².